The van der Waals surface area contributed by atoms with Crippen LogP contribution < -0.4 is 16.0 Å². The third kappa shape index (κ3) is 4.34. The first-order chi connectivity index (χ1) is 8.21. The fraction of sp³-hybridized carbons (Fsp3) is 0.538. The molecular weight excluding hydrogens is 216 g/mol. The van der Waals surface area contributed by atoms with Crippen molar-refractivity contribution in [3.05, 3.63) is 29.8 Å². The Balaban J connectivity index is 2.65. The molecule has 0 spiro atoms. The molecular formula is C13H22N2O2. The van der Waals surface area contributed by atoms with Crippen molar-refractivity contribution >= 4 is 0 Å². The lowest BCUT2D eigenvalue weighted by Gasteiger charge is -2.18. The molecule has 0 aliphatic rings. The van der Waals surface area contributed by atoms with E-state index in [1.54, 1.807) is 14.2 Å². The minimum Gasteiger partial charge on any atom is -0.497 e. The van der Waals surface area contributed by atoms with Crippen molar-refractivity contribution in [2.24, 2.45) is 5.84 Å². The SMILES string of the molecule is COc1cccc(C(CCC(C)OC)NN)c1. The number of ether oxygens (including phenoxy) is 2. The summed E-state index contributed by atoms with van der Waals surface area (Å²) < 4.78 is 10.4. The molecule has 0 bridgehead atoms. The van der Waals surface area contributed by atoms with Crippen LogP contribution in [0.3, 0.4) is 0 Å². The maximum Gasteiger partial charge on any atom is 0.119 e. The molecule has 0 aliphatic heterocycles. The standard InChI is InChI=1S/C13H22N2O2/c1-10(16-2)7-8-13(15-14)11-5-4-6-12(9-11)17-3/h4-6,9-10,13,15H,7-8,14H2,1-3H3. The van der Waals surface area contributed by atoms with Crippen LogP contribution in [0.15, 0.2) is 24.3 Å². The summed E-state index contributed by atoms with van der Waals surface area (Å²) in [7, 11) is 3.39. The second-order valence-electron chi connectivity index (χ2n) is 4.12. The van der Waals surface area contributed by atoms with Crippen molar-refractivity contribution in [1.82, 2.24) is 5.43 Å². The van der Waals surface area contributed by atoms with Gasteiger partial charge in [0.1, 0.15) is 5.75 Å². The highest BCUT2D eigenvalue weighted by Crippen LogP contribution is 2.22. The highest BCUT2D eigenvalue weighted by Gasteiger charge is 2.12. The third-order valence-corrected chi connectivity index (χ3v) is 2.96. The summed E-state index contributed by atoms with van der Waals surface area (Å²) in [4.78, 5) is 0. The van der Waals surface area contributed by atoms with Gasteiger partial charge in [-0.1, -0.05) is 12.1 Å². The molecule has 4 nitrogen and oxygen atoms in total. The molecule has 1 aromatic carbocycles. The molecule has 0 aromatic heterocycles. The van der Waals surface area contributed by atoms with E-state index in [4.69, 9.17) is 15.3 Å². The minimum absolute atomic E-state index is 0.127. The van der Waals surface area contributed by atoms with Crippen LogP contribution in [-0.4, -0.2) is 20.3 Å². The van der Waals surface area contributed by atoms with E-state index in [1.165, 1.54) is 0 Å². The zero-order valence-corrected chi connectivity index (χ0v) is 10.8. The van der Waals surface area contributed by atoms with Gasteiger partial charge >= 0.3 is 0 Å². The number of hydrazine groups is 1. The Labute approximate surface area is 103 Å². The third-order valence-electron chi connectivity index (χ3n) is 2.96. The molecule has 0 radical (unpaired) electrons. The molecule has 17 heavy (non-hydrogen) atoms. The summed E-state index contributed by atoms with van der Waals surface area (Å²) in [5.74, 6) is 6.44. The molecule has 3 N–H and O–H groups in total. The van der Waals surface area contributed by atoms with Gasteiger partial charge in [-0.25, -0.2) is 0 Å². The van der Waals surface area contributed by atoms with Crippen LogP contribution in [0, 0.1) is 0 Å². The monoisotopic (exact) mass is 238 g/mol. The lowest BCUT2D eigenvalue weighted by Crippen LogP contribution is -2.28. The van der Waals surface area contributed by atoms with Crippen LogP contribution in [0.4, 0.5) is 0 Å². The first-order valence-corrected chi connectivity index (χ1v) is 5.84. The number of hydrogen-bond acceptors (Lipinski definition) is 4. The number of benzene rings is 1. The highest BCUT2D eigenvalue weighted by molar-refractivity contribution is 5.30. The van der Waals surface area contributed by atoms with Crippen molar-refractivity contribution in [1.29, 1.82) is 0 Å². The van der Waals surface area contributed by atoms with Gasteiger partial charge in [0.25, 0.3) is 0 Å². The molecule has 0 amide bonds. The van der Waals surface area contributed by atoms with E-state index in [2.05, 4.69) is 12.3 Å². The van der Waals surface area contributed by atoms with Crippen LogP contribution in [0.2, 0.25) is 0 Å². The lowest BCUT2D eigenvalue weighted by atomic mass is 10.0. The second-order valence-corrected chi connectivity index (χ2v) is 4.12. The van der Waals surface area contributed by atoms with Crippen molar-refractivity contribution in [2.45, 2.75) is 31.9 Å². The molecule has 1 aromatic rings. The molecule has 0 heterocycles. The zero-order valence-electron chi connectivity index (χ0n) is 10.8. The topological polar surface area (TPSA) is 56.5 Å². The van der Waals surface area contributed by atoms with Crippen LogP contribution in [0.25, 0.3) is 0 Å². The molecule has 0 fully saturated rings. The molecule has 0 saturated carbocycles. The number of methoxy groups -OCH3 is 2. The fourth-order valence-corrected chi connectivity index (χ4v) is 1.72. The molecule has 4 heteroatoms. The van der Waals surface area contributed by atoms with Crippen molar-refractivity contribution in [3.8, 4) is 5.75 Å². The quantitative estimate of drug-likeness (QED) is 0.563. The van der Waals surface area contributed by atoms with Gasteiger partial charge in [0.2, 0.25) is 0 Å². The Hall–Kier alpha value is -1.10. The van der Waals surface area contributed by atoms with E-state index in [-0.39, 0.29) is 12.1 Å². The van der Waals surface area contributed by atoms with E-state index in [0.717, 1.165) is 24.2 Å². The largest absolute Gasteiger partial charge is 0.497 e. The predicted molar refractivity (Wildman–Crippen MR) is 68.8 cm³/mol. The number of hydrogen-bond donors (Lipinski definition) is 2. The molecule has 2 atom stereocenters. The first kappa shape index (κ1) is 14.0. The van der Waals surface area contributed by atoms with E-state index in [1.807, 2.05) is 24.3 Å². The summed E-state index contributed by atoms with van der Waals surface area (Å²) >= 11 is 0. The molecule has 0 saturated heterocycles. The number of nitrogens with two attached hydrogens (primary N) is 1. The normalized spacial score (nSPS) is 14.4. The predicted octanol–water partition coefficient (Wildman–Crippen LogP) is 2.01. The number of nitrogens with one attached hydrogen (secondary N) is 1. The molecule has 1 rings (SSSR count). The van der Waals surface area contributed by atoms with Gasteiger partial charge in [-0.3, -0.25) is 11.3 Å². The average molecular weight is 238 g/mol. The summed E-state index contributed by atoms with van der Waals surface area (Å²) in [5, 5.41) is 0. The van der Waals surface area contributed by atoms with Gasteiger partial charge < -0.3 is 9.47 Å². The molecule has 2 unspecified atom stereocenters. The van der Waals surface area contributed by atoms with Gasteiger partial charge in [-0.15, -0.1) is 0 Å². The zero-order chi connectivity index (χ0) is 12.7. The van der Waals surface area contributed by atoms with Crippen LogP contribution in [0.1, 0.15) is 31.4 Å². The molecule has 0 aliphatic carbocycles. The second kappa shape index (κ2) is 7.27. The number of rotatable bonds is 7. The van der Waals surface area contributed by atoms with Gasteiger partial charge in [-0.05, 0) is 37.5 Å². The van der Waals surface area contributed by atoms with Crippen molar-refractivity contribution < 1.29 is 9.47 Å². The smallest absolute Gasteiger partial charge is 0.119 e. The Bertz CT molecular complexity index is 331. The summed E-state index contributed by atoms with van der Waals surface area (Å²) in [5.41, 5.74) is 3.97. The van der Waals surface area contributed by atoms with E-state index < -0.39 is 0 Å². The fourth-order valence-electron chi connectivity index (χ4n) is 1.72. The summed E-state index contributed by atoms with van der Waals surface area (Å²) in [6.07, 6.45) is 2.14. The lowest BCUT2D eigenvalue weighted by molar-refractivity contribution is 0.106. The summed E-state index contributed by atoms with van der Waals surface area (Å²) in [6, 6.07) is 8.07. The maximum atomic E-state index is 5.59. The van der Waals surface area contributed by atoms with Gasteiger partial charge in [0.05, 0.1) is 13.2 Å². The van der Waals surface area contributed by atoms with Gasteiger partial charge in [0.15, 0.2) is 0 Å². The molecule has 96 valence electrons. The van der Waals surface area contributed by atoms with E-state index in [0.29, 0.717) is 0 Å². The highest BCUT2D eigenvalue weighted by atomic mass is 16.5. The Morgan fingerprint density at radius 3 is 2.65 bits per heavy atom. The van der Waals surface area contributed by atoms with Gasteiger partial charge in [-0.2, -0.15) is 0 Å². The van der Waals surface area contributed by atoms with E-state index >= 15 is 0 Å². The van der Waals surface area contributed by atoms with Gasteiger partial charge in [0, 0.05) is 13.2 Å². The Kier molecular flexibility index (Phi) is 5.97. The van der Waals surface area contributed by atoms with Crippen molar-refractivity contribution in [2.75, 3.05) is 14.2 Å². The van der Waals surface area contributed by atoms with Crippen LogP contribution in [0.5, 0.6) is 5.75 Å². The summed E-state index contributed by atoms with van der Waals surface area (Å²) in [6.45, 7) is 2.05. The van der Waals surface area contributed by atoms with Crippen molar-refractivity contribution in [3.63, 3.8) is 0 Å². The van der Waals surface area contributed by atoms with Crippen LogP contribution >= 0.6 is 0 Å². The minimum atomic E-state index is 0.127. The first-order valence-electron chi connectivity index (χ1n) is 5.84. The maximum absolute atomic E-state index is 5.59. The van der Waals surface area contributed by atoms with E-state index in [9.17, 15) is 0 Å². The Morgan fingerprint density at radius 2 is 2.06 bits per heavy atom. The Morgan fingerprint density at radius 1 is 1.29 bits per heavy atom. The van der Waals surface area contributed by atoms with Crippen LogP contribution in [-0.2, 0) is 4.74 Å². The average Bonchev–Trinajstić information content (AvgIpc) is 2.39.